The molecule has 4 aromatic rings. The van der Waals surface area contributed by atoms with Crippen molar-refractivity contribution in [2.75, 3.05) is 40.4 Å². The minimum atomic E-state index is -0.775. The molecule has 0 saturated carbocycles. The number of benzene rings is 4. The van der Waals surface area contributed by atoms with E-state index in [1.54, 1.807) is 17.0 Å². The van der Waals surface area contributed by atoms with Gasteiger partial charge >= 0.3 is 18.0 Å². The van der Waals surface area contributed by atoms with Gasteiger partial charge in [-0.15, -0.1) is 0 Å². The van der Waals surface area contributed by atoms with Gasteiger partial charge in [0, 0.05) is 50.1 Å². The Balaban J connectivity index is 0.000000177. The summed E-state index contributed by atoms with van der Waals surface area (Å²) in [4.78, 5) is 61.7. The van der Waals surface area contributed by atoms with Crippen LogP contribution in [0.5, 0.6) is 0 Å². The molecule has 0 aromatic heterocycles. The molecule has 0 bridgehead atoms. The first-order valence-electron chi connectivity index (χ1n) is 20.5. The van der Waals surface area contributed by atoms with E-state index < -0.39 is 29.4 Å². The molecule has 2 amide bonds. The van der Waals surface area contributed by atoms with Gasteiger partial charge in [-0.1, -0.05) is 24.3 Å². The zero-order chi connectivity index (χ0) is 44.6. The first-order valence-corrected chi connectivity index (χ1v) is 20.5. The van der Waals surface area contributed by atoms with E-state index in [9.17, 15) is 41.5 Å². The Morgan fingerprint density at radius 2 is 1.13 bits per heavy atom. The van der Waals surface area contributed by atoms with Crippen LogP contribution in [0, 0.1) is 34.1 Å². The highest BCUT2D eigenvalue weighted by atomic mass is 19.1. The van der Waals surface area contributed by atoms with Crippen LogP contribution in [0.1, 0.15) is 102 Å². The number of carbonyl (C=O) groups excluding carboxylic acids is 5. The number of urea groups is 1. The van der Waals surface area contributed by atoms with E-state index in [4.69, 9.17) is 5.73 Å². The molecule has 328 valence electrons. The molecule has 4 aliphatic rings. The van der Waals surface area contributed by atoms with Gasteiger partial charge in [0.05, 0.1) is 25.3 Å². The molecular weight excluding hydrogens is 809 g/mol. The zero-order valence-electron chi connectivity index (χ0n) is 34.7. The van der Waals surface area contributed by atoms with Gasteiger partial charge in [0.2, 0.25) is 0 Å². The van der Waals surface area contributed by atoms with Gasteiger partial charge in [-0.2, -0.15) is 0 Å². The number of ketones is 2. The number of carbonyl (C=O) groups is 5. The highest BCUT2D eigenvalue weighted by molar-refractivity contribution is 6.00. The van der Waals surface area contributed by atoms with Gasteiger partial charge in [-0.25, -0.2) is 31.9 Å². The first kappa shape index (κ1) is 45.6. The summed E-state index contributed by atoms with van der Waals surface area (Å²) in [5, 5.41) is 6.13. The predicted octanol–water partition coefficient (Wildman–Crippen LogP) is 7.27. The number of piperidine rings is 2. The van der Waals surface area contributed by atoms with Crippen molar-refractivity contribution >= 4 is 29.5 Å². The summed E-state index contributed by atoms with van der Waals surface area (Å²) >= 11 is 0. The van der Waals surface area contributed by atoms with Gasteiger partial charge in [-0.05, 0) is 133 Å². The molecule has 0 atom stereocenters. The van der Waals surface area contributed by atoms with E-state index in [0.29, 0.717) is 67.4 Å². The van der Waals surface area contributed by atoms with Gasteiger partial charge in [0.25, 0.3) is 0 Å². The number of fused-ring (bicyclic) bond motifs is 2. The Labute approximate surface area is 357 Å². The summed E-state index contributed by atoms with van der Waals surface area (Å²) in [5.41, 5.74) is 9.27. The highest BCUT2D eigenvalue weighted by Crippen LogP contribution is 2.44. The van der Waals surface area contributed by atoms with Crippen LogP contribution in [-0.2, 0) is 35.4 Å². The molecule has 2 aliphatic heterocycles. The second kappa shape index (κ2) is 19.8. The number of hydrogen-bond donors (Lipinski definition) is 3. The van der Waals surface area contributed by atoms with Crippen molar-refractivity contribution in [3.63, 3.8) is 0 Å². The van der Waals surface area contributed by atoms with Crippen LogP contribution in [0.2, 0.25) is 0 Å². The third-order valence-electron chi connectivity index (χ3n) is 12.3. The Morgan fingerprint density at radius 3 is 1.61 bits per heavy atom. The Kier molecular flexibility index (Phi) is 14.6. The number of ether oxygens (including phenoxy) is 2. The normalized spacial score (nSPS) is 17.0. The lowest BCUT2D eigenvalue weighted by molar-refractivity contribution is 0.0586. The maximum absolute atomic E-state index is 13.8. The second-order valence-electron chi connectivity index (χ2n) is 16.4. The monoisotopic (exact) mass is 858 g/mol. The van der Waals surface area contributed by atoms with Crippen LogP contribution in [0.4, 0.5) is 22.4 Å². The molecule has 2 aliphatic carbocycles. The zero-order valence-corrected chi connectivity index (χ0v) is 34.7. The van der Waals surface area contributed by atoms with Crippen molar-refractivity contribution in [1.29, 1.82) is 0 Å². The van der Waals surface area contributed by atoms with Crippen molar-refractivity contribution < 1.29 is 51.0 Å². The molecule has 0 radical (unpaired) electrons. The van der Waals surface area contributed by atoms with E-state index in [1.165, 1.54) is 74.9 Å². The van der Waals surface area contributed by atoms with Crippen LogP contribution in [0.3, 0.4) is 0 Å². The topological polar surface area (TPSA) is 157 Å². The number of hydrogen-bond acceptors (Lipinski definition) is 9. The summed E-state index contributed by atoms with van der Waals surface area (Å²) in [6.45, 7) is 3.40. The number of nitrogens with two attached hydrogens (primary N) is 1. The van der Waals surface area contributed by atoms with Crippen LogP contribution in [-0.4, -0.2) is 74.8 Å². The molecular formula is C47H50F4N4O7. The SMILES string of the molecule is COC(=O)c1cc(CN)ccc1F.COC(=O)c1cc(CNC(=O)N2CCC3(CC2)CC(=O)c2cc(F)ccc2C3)ccc1F.O=C1CC2(CCNCC2)Cc2ccc(F)cc21. The molecule has 15 heteroatoms. The number of rotatable bonds is 5. The number of nitrogens with one attached hydrogen (secondary N) is 2. The minimum Gasteiger partial charge on any atom is -0.465 e. The number of nitrogens with zero attached hydrogens (tertiary/aromatic N) is 1. The Bertz CT molecular complexity index is 2340. The Hall–Kier alpha value is -5.93. The van der Waals surface area contributed by atoms with Gasteiger partial charge in [0.15, 0.2) is 11.6 Å². The molecule has 2 heterocycles. The molecule has 4 aromatic carbocycles. The number of likely N-dealkylation sites (tertiary alicyclic amines) is 1. The number of Topliss-reactive ketones (excluding diaryl/α,β-unsaturated/α-hetero) is 2. The molecule has 11 nitrogen and oxygen atoms in total. The smallest absolute Gasteiger partial charge is 0.340 e. The largest absolute Gasteiger partial charge is 0.465 e. The minimum absolute atomic E-state index is 0.0404. The summed E-state index contributed by atoms with van der Waals surface area (Å²) in [5.74, 6) is -3.37. The molecule has 62 heavy (non-hydrogen) atoms. The fourth-order valence-corrected chi connectivity index (χ4v) is 8.78. The lowest BCUT2D eigenvalue weighted by Crippen LogP contribution is -2.49. The number of amides is 2. The van der Waals surface area contributed by atoms with Crippen molar-refractivity contribution in [3.8, 4) is 0 Å². The summed E-state index contributed by atoms with van der Waals surface area (Å²) in [6.07, 6.45) is 6.06. The lowest BCUT2D eigenvalue weighted by atomic mass is 9.66. The third kappa shape index (κ3) is 10.7. The van der Waals surface area contributed by atoms with Crippen molar-refractivity contribution in [1.82, 2.24) is 15.5 Å². The molecule has 4 N–H and O–H groups in total. The molecule has 2 fully saturated rings. The summed E-state index contributed by atoms with van der Waals surface area (Å²) in [6, 6.07) is 16.9. The molecule has 2 spiro atoms. The van der Waals surface area contributed by atoms with E-state index in [1.807, 2.05) is 0 Å². The third-order valence-corrected chi connectivity index (χ3v) is 12.3. The fraction of sp³-hybridized carbons (Fsp3) is 0.383. The quantitative estimate of drug-likeness (QED) is 0.139. The standard InChI is InChI=1S/C24H24F2N2O4.C14H16FNO.C9H10FNO2/c1-32-22(30)19-10-15(2-5-20(19)26)14-27-23(31)28-8-6-24(7-9-28)12-16-3-4-17(25)11-18(16)21(29)13-24;15-11-2-1-10-8-14(3-5-16-6-4-14)9-13(17)12(10)7-11;1-13-9(12)7-4-6(5-11)2-3-8(7)10/h2-5,10-11H,6-9,12-14H2,1H3,(H,27,31);1-2,7,16H,3-6,8-9H2;2-4H,5,11H2,1H3. The fourth-order valence-electron chi connectivity index (χ4n) is 8.78. The molecule has 0 unspecified atom stereocenters. The number of esters is 2. The number of methoxy groups -OCH3 is 2. The molecule has 8 rings (SSSR count). The van der Waals surface area contributed by atoms with Gasteiger partial charge < -0.3 is 30.7 Å². The van der Waals surface area contributed by atoms with Crippen LogP contribution >= 0.6 is 0 Å². The first-order chi connectivity index (χ1) is 29.7. The van der Waals surface area contributed by atoms with E-state index >= 15 is 0 Å². The lowest BCUT2D eigenvalue weighted by Gasteiger charge is -2.44. The van der Waals surface area contributed by atoms with Crippen LogP contribution in [0.25, 0.3) is 0 Å². The average Bonchev–Trinajstić information content (AvgIpc) is 3.27. The van der Waals surface area contributed by atoms with Gasteiger partial charge in [0.1, 0.15) is 23.3 Å². The van der Waals surface area contributed by atoms with Crippen molar-refractivity contribution in [2.45, 2.75) is 64.5 Å². The molecule has 2 saturated heterocycles. The van der Waals surface area contributed by atoms with Crippen LogP contribution < -0.4 is 16.4 Å². The number of halogens is 4. The van der Waals surface area contributed by atoms with E-state index in [0.717, 1.165) is 43.5 Å². The van der Waals surface area contributed by atoms with Crippen molar-refractivity contribution in [3.05, 3.63) is 141 Å². The van der Waals surface area contributed by atoms with Gasteiger partial charge in [-0.3, -0.25) is 9.59 Å². The van der Waals surface area contributed by atoms with Crippen molar-refractivity contribution in [2.24, 2.45) is 16.6 Å². The Morgan fingerprint density at radius 1 is 0.661 bits per heavy atom. The maximum atomic E-state index is 13.8. The summed E-state index contributed by atoms with van der Waals surface area (Å²) in [7, 11) is 2.38. The average molecular weight is 859 g/mol. The van der Waals surface area contributed by atoms with Crippen LogP contribution in [0.15, 0.2) is 72.8 Å². The highest BCUT2D eigenvalue weighted by Gasteiger charge is 2.42. The second-order valence-corrected chi connectivity index (χ2v) is 16.4. The van der Waals surface area contributed by atoms with E-state index in [-0.39, 0.29) is 58.5 Å². The summed E-state index contributed by atoms with van der Waals surface area (Å²) < 4.78 is 62.4. The predicted molar refractivity (Wildman–Crippen MR) is 221 cm³/mol. The maximum Gasteiger partial charge on any atom is 0.340 e. The van der Waals surface area contributed by atoms with E-state index in [2.05, 4.69) is 20.1 Å².